The predicted molar refractivity (Wildman–Crippen MR) is 264 cm³/mol. The summed E-state index contributed by atoms with van der Waals surface area (Å²) in [7, 11) is 0. The molecule has 65 heavy (non-hydrogen) atoms. The van der Waals surface area contributed by atoms with Crippen LogP contribution in [0.25, 0.3) is 0 Å². The van der Waals surface area contributed by atoms with Crippen molar-refractivity contribution < 1.29 is 49.3 Å². The van der Waals surface area contributed by atoms with Gasteiger partial charge in [0.2, 0.25) is 5.91 Å². The second-order valence-corrected chi connectivity index (χ2v) is 17.5. The molecule has 0 aliphatic carbocycles. The third kappa shape index (κ3) is 34.1. The third-order valence-electron chi connectivity index (χ3n) is 11.6. The van der Waals surface area contributed by atoms with E-state index >= 15 is 0 Å². The molecule has 1 aliphatic rings. The van der Waals surface area contributed by atoms with Crippen LogP contribution >= 0.6 is 0 Å². The molecule has 1 aliphatic heterocycles. The average molecular weight is 916 g/mol. The van der Waals surface area contributed by atoms with Gasteiger partial charge in [0.15, 0.2) is 6.29 Å². The molecule has 1 heterocycles. The summed E-state index contributed by atoms with van der Waals surface area (Å²) in [5.41, 5.74) is 0. The molecule has 0 bridgehead atoms. The van der Waals surface area contributed by atoms with Gasteiger partial charge in [0, 0.05) is 12.8 Å². The molecular formula is C54H93NO10. The van der Waals surface area contributed by atoms with Crippen molar-refractivity contribution in [2.45, 2.75) is 236 Å². The number of carbonyl (C=O) groups excluding carboxylic acids is 2. The van der Waals surface area contributed by atoms with Gasteiger partial charge in [-0.25, -0.2) is 0 Å². The molecule has 11 nitrogen and oxygen atoms in total. The van der Waals surface area contributed by atoms with Gasteiger partial charge in [-0.1, -0.05) is 144 Å². The summed E-state index contributed by atoms with van der Waals surface area (Å²) < 4.78 is 16.6. The normalized spacial score (nSPS) is 20.4. The summed E-state index contributed by atoms with van der Waals surface area (Å²) in [6.07, 6.45) is 45.8. The Morgan fingerprint density at radius 3 is 1.71 bits per heavy atom. The number of aliphatic hydroxyl groups is 5. The highest BCUT2D eigenvalue weighted by Gasteiger charge is 2.44. The number of nitrogens with one attached hydrogen (secondary N) is 1. The van der Waals surface area contributed by atoms with Gasteiger partial charge in [-0.3, -0.25) is 9.59 Å². The fourth-order valence-electron chi connectivity index (χ4n) is 7.42. The van der Waals surface area contributed by atoms with Crippen molar-refractivity contribution in [2.75, 3.05) is 19.8 Å². The lowest BCUT2D eigenvalue weighted by Gasteiger charge is -2.40. The zero-order chi connectivity index (χ0) is 47.4. The molecule has 0 aromatic rings. The Balaban J connectivity index is 2.15. The molecule has 0 aromatic heterocycles. The van der Waals surface area contributed by atoms with E-state index < -0.39 is 49.5 Å². The van der Waals surface area contributed by atoms with Gasteiger partial charge in [-0.05, 0) is 110 Å². The molecule has 7 unspecified atom stereocenters. The fraction of sp³-hybridized carbons (Fsp3) is 0.741. The molecule has 1 saturated heterocycles. The summed E-state index contributed by atoms with van der Waals surface area (Å²) in [5.74, 6) is -0.265. The van der Waals surface area contributed by atoms with Crippen molar-refractivity contribution in [2.24, 2.45) is 0 Å². The maximum atomic E-state index is 12.9. The van der Waals surface area contributed by atoms with E-state index in [-0.39, 0.29) is 18.5 Å². The molecule has 1 amide bonds. The van der Waals surface area contributed by atoms with Crippen LogP contribution in [0.15, 0.2) is 72.9 Å². The molecule has 6 N–H and O–H groups in total. The van der Waals surface area contributed by atoms with Gasteiger partial charge in [-0.15, -0.1) is 0 Å². The van der Waals surface area contributed by atoms with E-state index in [4.69, 9.17) is 14.2 Å². The Hall–Kier alpha value is -2.90. The first-order valence-corrected chi connectivity index (χ1v) is 25.7. The minimum Gasteiger partial charge on any atom is -0.466 e. The van der Waals surface area contributed by atoms with Crippen LogP contribution in [0.3, 0.4) is 0 Å². The topological polar surface area (TPSA) is 175 Å². The predicted octanol–water partition coefficient (Wildman–Crippen LogP) is 10.5. The molecule has 0 spiro atoms. The number of hydrogen-bond donors (Lipinski definition) is 6. The van der Waals surface area contributed by atoms with Crippen LogP contribution in [-0.4, -0.2) is 100 Å². The van der Waals surface area contributed by atoms with E-state index in [1.807, 2.05) is 19.1 Å². The zero-order valence-electron chi connectivity index (χ0n) is 40.7. The quantitative estimate of drug-likeness (QED) is 0.0196. The van der Waals surface area contributed by atoms with E-state index in [1.54, 1.807) is 6.08 Å². The third-order valence-corrected chi connectivity index (χ3v) is 11.6. The minimum atomic E-state index is -1.59. The van der Waals surface area contributed by atoms with Crippen LogP contribution in [0.2, 0.25) is 0 Å². The first-order chi connectivity index (χ1) is 31.7. The van der Waals surface area contributed by atoms with Crippen molar-refractivity contribution in [1.29, 1.82) is 0 Å². The van der Waals surface area contributed by atoms with Crippen molar-refractivity contribution in [3.63, 3.8) is 0 Å². The standard InChI is InChI=1S/C54H93NO10/c1-3-5-7-9-11-13-21-26-30-34-38-42-50(59)63-43-39-35-31-27-23-20-18-16-14-15-17-19-22-25-29-33-37-41-49(58)55-46(47(57)40-36-32-28-24-12-10-8-6-4-2)45-64-54-53(62)52(61)51(60)48(44-56)65-54/h4,6,9,11-12,14,16,20,23-24,36,40,46-48,51-54,56-57,60-62H,3,5,7-8,10,13,15,17-19,21-22,25-35,37-39,41-45H2,1-2H3,(H,55,58)/b6-4+,11-9-,16-14-,23-20-,24-12+,40-36+. The number of carbonyl (C=O) groups is 2. The van der Waals surface area contributed by atoms with Gasteiger partial charge in [0.05, 0.1) is 32.0 Å². The molecule has 0 aromatic carbocycles. The largest absolute Gasteiger partial charge is 0.466 e. The van der Waals surface area contributed by atoms with Gasteiger partial charge < -0.3 is 45.1 Å². The number of unbranched alkanes of at least 4 members (excludes halogenated alkanes) is 19. The summed E-state index contributed by atoms with van der Waals surface area (Å²) in [6, 6.07) is -0.847. The lowest BCUT2D eigenvalue weighted by atomic mass is 9.99. The van der Waals surface area contributed by atoms with Crippen molar-refractivity contribution >= 4 is 11.9 Å². The van der Waals surface area contributed by atoms with Crippen LogP contribution in [0, 0.1) is 0 Å². The second-order valence-electron chi connectivity index (χ2n) is 17.5. The van der Waals surface area contributed by atoms with Crippen LogP contribution in [-0.2, 0) is 23.8 Å². The molecule has 0 radical (unpaired) electrons. The summed E-state index contributed by atoms with van der Waals surface area (Å²) >= 11 is 0. The van der Waals surface area contributed by atoms with Gasteiger partial charge >= 0.3 is 5.97 Å². The summed E-state index contributed by atoms with van der Waals surface area (Å²) in [6.45, 7) is 3.96. The minimum absolute atomic E-state index is 0.0465. The Morgan fingerprint density at radius 1 is 0.600 bits per heavy atom. The number of aliphatic hydroxyl groups excluding tert-OH is 5. The average Bonchev–Trinajstić information content (AvgIpc) is 3.30. The van der Waals surface area contributed by atoms with E-state index in [9.17, 15) is 35.1 Å². The number of allylic oxidation sites excluding steroid dienone is 11. The van der Waals surface area contributed by atoms with Gasteiger partial charge in [0.25, 0.3) is 0 Å². The van der Waals surface area contributed by atoms with E-state index in [2.05, 4.69) is 66.9 Å². The number of hydrogen-bond acceptors (Lipinski definition) is 10. The van der Waals surface area contributed by atoms with Crippen LogP contribution in [0.1, 0.15) is 194 Å². The highest BCUT2D eigenvalue weighted by molar-refractivity contribution is 5.76. The molecule has 11 heteroatoms. The Labute approximate surface area is 394 Å². The molecule has 1 rings (SSSR count). The van der Waals surface area contributed by atoms with Crippen molar-refractivity contribution in [1.82, 2.24) is 5.32 Å². The highest BCUT2D eigenvalue weighted by atomic mass is 16.7. The van der Waals surface area contributed by atoms with Gasteiger partial charge in [0.1, 0.15) is 24.4 Å². The lowest BCUT2D eigenvalue weighted by molar-refractivity contribution is -0.302. The zero-order valence-corrected chi connectivity index (χ0v) is 40.7. The first kappa shape index (κ1) is 60.1. The molecule has 1 fully saturated rings. The second kappa shape index (κ2) is 43.7. The number of rotatable bonds is 42. The summed E-state index contributed by atoms with van der Waals surface area (Å²) in [5, 5.41) is 54.0. The smallest absolute Gasteiger partial charge is 0.305 e. The number of amides is 1. The first-order valence-electron chi connectivity index (χ1n) is 25.7. The van der Waals surface area contributed by atoms with Crippen LogP contribution < -0.4 is 5.32 Å². The van der Waals surface area contributed by atoms with E-state index in [0.29, 0.717) is 25.9 Å². The summed E-state index contributed by atoms with van der Waals surface area (Å²) in [4.78, 5) is 24.9. The Morgan fingerprint density at radius 2 is 1.11 bits per heavy atom. The Kier molecular flexibility index (Phi) is 40.4. The van der Waals surface area contributed by atoms with Crippen molar-refractivity contribution in [3.05, 3.63) is 72.9 Å². The van der Waals surface area contributed by atoms with Crippen molar-refractivity contribution in [3.8, 4) is 0 Å². The lowest BCUT2D eigenvalue weighted by Crippen LogP contribution is -2.60. The molecular weight excluding hydrogens is 823 g/mol. The maximum Gasteiger partial charge on any atom is 0.305 e. The van der Waals surface area contributed by atoms with Gasteiger partial charge in [-0.2, -0.15) is 0 Å². The van der Waals surface area contributed by atoms with E-state index in [1.165, 1.54) is 64.2 Å². The molecule has 7 atom stereocenters. The maximum absolute atomic E-state index is 12.9. The monoisotopic (exact) mass is 916 g/mol. The van der Waals surface area contributed by atoms with E-state index in [0.717, 1.165) is 96.3 Å². The molecule has 374 valence electrons. The fourth-order valence-corrected chi connectivity index (χ4v) is 7.42. The Bertz CT molecular complexity index is 1310. The molecule has 0 saturated carbocycles. The SMILES string of the molecule is C/C=C/CC/C=C/CC/C=C/C(O)C(COC1OC(CO)C(O)C(O)C1O)NC(=O)CCCCCCCCC/C=C\C/C=C\CCCCCOC(=O)CCCCCCC/C=C\CCCC. The van der Waals surface area contributed by atoms with Crippen LogP contribution in [0.4, 0.5) is 0 Å². The number of ether oxygens (including phenoxy) is 3. The highest BCUT2D eigenvalue weighted by Crippen LogP contribution is 2.22. The number of esters is 1. The van der Waals surface area contributed by atoms with Crippen LogP contribution in [0.5, 0.6) is 0 Å².